The second-order valence-corrected chi connectivity index (χ2v) is 9.00. The number of fused-ring (bicyclic) bond motifs is 1. The van der Waals surface area contributed by atoms with Crippen LogP contribution in [0, 0.1) is 0 Å². The molecule has 0 aliphatic carbocycles. The molecule has 0 bridgehead atoms. The highest BCUT2D eigenvalue weighted by Gasteiger charge is 2.25. The minimum absolute atomic E-state index is 0.00289. The summed E-state index contributed by atoms with van der Waals surface area (Å²) in [6.07, 6.45) is 3.40. The van der Waals surface area contributed by atoms with Gasteiger partial charge in [0.15, 0.2) is 0 Å². The van der Waals surface area contributed by atoms with Gasteiger partial charge in [0.05, 0.1) is 7.11 Å². The summed E-state index contributed by atoms with van der Waals surface area (Å²) < 4.78 is 17.2. The van der Waals surface area contributed by atoms with Crippen LogP contribution in [0.3, 0.4) is 0 Å². The van der Waals surface area contributed by atoms with Crippen molar-refractivity contribution in [1.29, 1.82) is 0 Å². The van der Waals surface area contributed by atoms with Crippen LogP contribution in [0.5, 0.6) is 17.2 Å². The summed E-state index contributed by atoms with van der Waals surface area (Å²) in [6.45, 7) is 3.80. The molecule has 3 aromatic carbocycles. The summed E-state index contributed by atoms with van der Waals surface area (Å²) in [6, 6.07) is 19.3. The fourth-order valence-corrected chi connectivity index (χ4v) is 4.74. The number of thioether (sulfide) groups is 1. The number of allylic oxidation sites excluding steroid dienone is 1. The van der Waals surface area contributed by atoms with Gasteiger partial charge in [-0.25, -0.2) is 0 Å². The second kappa shape index (κ2) is 9.65. The van der Waals surface area contributed by atoms with Crippen molar-refractivity contribution in [1.82, 2.24) is 10.2 Å². The number of aromatic hydroxyl groups is 1. The van der Waals surface area contributed by atoms with Crippen molar-refractivity contribution in [3.05, 3.63) is 84.4 Å². The van der Waals surface area contributed by atoms with Gasteiger partial charge in [0.25, 0.3) is 5.22 Å². The zero-order chi connectivity index (χ0) is 23.5. The van der Waals surface area contributed by atoms with Gasteiger partial charge in [-0.2, -0.15) is 0 Å². The number of nitrogens with zero attached hydrogens (tertiary/aromatic N) is 2. The van der Waals surface area contributed by atoms with Crippen LogP contribution in [0.4, 0.5) is 0 Å². The first-order chi connectivity index (χ1) is 16.6. The molecule has 172 valence electrons. The fraction of sp³-hybridized carbons (Fsp3) is 0.185. The molecule has 2 heterocycles. The molecule has 0 spiro atoms. The molecule has 0 radical (unpaired) electrons. The number of methoxy groups -OCH3 is 1. The molecule has 1 N–H and O–H groups in total. The third-order valence-corrected chi connectivity index (χ3v) is 6.62. The van der Waals surface area contributed by atoms with Gasteiger partial charge in [0, 0.05) is 23.3 Å². The summed E-state index contributed by atoms with van der Waals surface area (Å²) in [5.41, 5.74) is 4.84. The van der Waals surface area contributed by atoms with Crippen LogP contribution < -0.4 is 9.47 Å². The van der Waals surface area contributed by atoms with E-state index in [1.54, 1.807) is 13.2 Å². The fourth-order valence-electron chi connectivity index (χ4n) is 3.99. The van der Waals surface area contributed by atoms with Gasteiger partial charge in [-0.05, 0) is 65.6 Å². The normalized spacial score (nSPS) is 14.4. The quantitative estimate of drug-likeness (QED) is 0.251. The predicted molar refractivity (Wildman–Crippen MR) is 133 cm³/mol. The standard InChI is InChI=1S/C27H24N2O4S/c1-3-5-17-8-10-24(30)23(12-17)18-9-11-25-20(13-18)15-22(32-25)16-34-27-29-28-26(33-27)19-6-4-7-21(14-19)31-2/h3-4,6-14,22,30H,1,5,15-16H2,2H3/t22-/m0/s1. The summed E-state index contributed by atoms with van der Waals surface area (Å²) in [4.78, 5) is 0. The number of benzene rings is 3. The minimum Gasteiger partial charge on any atom is -0.507 e. The molecule has 6 nitrogen and oxygen atoms in total. The molecule has 0 fully saturated rings. The first-order valence-corrected chi connectivity index (χ1v) is 11.9. The topological polar surface area (TPSA) is 77.6 Å². The van der Waals surface area contributed by atoms with E-state index in [0.29, 0.717) is 16.9 Å². The molecule has 4 aromatic rings. The lowest BCUT2D eigenvalue weighted by atomic mass is 9.98. The molecule has 0 saturated carbocycles. The molecule has 1 aliphatic heterocycles. The first-order valence-electron chi connectivity index (χ1n) is 11.0. The molecule has 5 rings (SSSR count). The van der Waals surface area contributed by atoms with Crippen molar-refractivity contribution in [3.8, 4) is 39.8 Å². The Bertz CT molecular complexity index is 1330. The van der Waals surface area contributed by atoms with E-state index in [2.05, 4.69) is 22.8 Å². The Morgan fingerprint density at radius 3 is 2.88 bits per heavy atom. The highest BCUT2D eigenvalue weighted by Crippen LogP contribution is 2.37. The van der Waals surface area contributed by atoms with Crippen molar-refractivity contribution in [2.45, 2.75) is 24.2 Å². The molecule has 1 aromatic heterocycles. The number of aromatic nitrogens is 2. The van der Waals surface area contributed by atoms with E-state index in [1.165, 1.54) is 11.8 Å². The number of ether oxygens (including phenoxy) is 2. The molecule has 0 unspecified atom stereocenters. The number of phenols is 1. The van der Waals surface area contributed by atoms with Gasteiger partial charge < -0.3 is 19.0 Å². The smallest absolute Gasteiger partial charge is 0.276 e. The highest BCUT2D eigenvalue weighted by atomic mass is 32.2. The Morgan fingerprint density at radius 1 is 1.12 bits per heavy atom. The lowest BCUT2D eigenvalue weighted by Crippen LogP contribution is -2.15. The highest BCUT2D eigenvalue weighted by molar-refractivity contribution is 7.99. The van der Waals surface area contributed by atoms with E-state index in [0.717, 1.165) is 52.2 Å². The lowest BCUT2D eigenvalue weighted by Gasteiger charge is -2.09. The van der Waals surface area contributed by atoms with Crippen LogP contribution in [0.15, 0.2) is 83.0 Å². The third-order valence-electron chi connectivity index (χ3n) is 5.67. The lowest BCUT2D eigenvalue weighted by molar-refractivity contribution is 0.259. The maximum atomic E-state index is 10.4. The molecular formula is C27H24N2O4S. The van der Waals surface area contributed by atoms with Gasteiger partial charge >= 0.3 is 0 Å². The Balaban J connectivity index is 1.25. The number of rotatable bonds is 8. The maximum absolute atomic E-state index is 10.4. The van der Waals surface area contributed by atoms with Gasteiger partial charge in [-0.3, -0.25) is 0 Å². The van der Waals surface area contributed by atoms with E-state index in [1.807, 2.05) is 54.6 Å². The zero-order valence-corrected chi connectivity index (χ0v) is 19.5. The van der Waals surface area contributed by atoms with Gasteiger partial charge in [0.1, 0.15) is 23.4 Å². The van der Waals surface area contributed by atoms with Crippen LogP contribution in [0.25, 0.3) is 22.6 Å². The Morgan fingerprint density at radius 2 is 2.03 bits per heavy atom. The Hall–Kier alpha value is -3.71. The van der Waals surface area contributed by atoms with E-state index in [4.69, 9.17) is 13.9 Å². The molecule has 0 amide bonds. The maximum Gasteiger partial charge on any atom is 0.276 e. The monoisotopic (exact) mass is 472 g/mol. The predicted octanol–water partition coefficient (Wildman–Crippen LogP) is 5.94. The first kappa shape index (κ1) is 22.1. The average Bonchev–Trinajstić information content (AvgIpc) is 3.50. The van der Waals surface area contributed by atoms with Crippen molar-refractivity contribution < 1.29 is 19.0 Å². The van der Waals surface area contributed by atoms with Gasteiger partial charge in [-0.1, -0.05) is 36.0 Å². The van der Waals surface area contributed by atoms with E-state index >= 15 is 0 Å². The van der Waals surface area contributed by atoms with Gasteiger partial charge in [-0.15, -0.1) is 16.8 Å². The Labute approximate surface area is 202 Å². The molecular weight excluding hydrogens is 448 g/mol. The van der Waals surface area contributed by atoms with Crippen LogP contribution in [-0.2, 0) is 12.8 Å². The number of phenolic OH excluding ortho intramolecular Hbond substituents is 1. The second-order valence-electron chi connectivity index (χ2n) is 8.03. The average molecular weight is 473 g/mol. The minimum atomic E-state index is 0.00289. The number of hydrogen-bond donors (Lipinski definition) is 1. The Kier molecular flexibility index (Phi) is 6.27. The van der Waals surface area contributed by atoms with E-state index in [9.17, 15) is 5.11 Å². The van der Waals surface area contributed by atoms with Crippen molar-refractivity contribution in [3.63, 3.8) is 0 Å². The van der Waals surface area contributed by atoms with Crippen LogP contribution in [0.1, 0.15) is 11.1 Å². The van der Waals surface area contributed by atoms with Crippen molar-refractivity contribution in [2.75, 3.05) is 12.9 Å². The number of hydrogen-bond acceptors (Lipinski definition) is 7. The third kappa shape index (κ3) is 4.65. The summed E-state index contributed by atoms with van der Waals surface area (Å²) in [5, 5.41) is 19.2. The van der Waals surface area contributed by atoms with E-state index in [-0.39, 0.29) is 11.9 Å². The van der Waals surface area contributed by atoms with Gasteiger partial charge in [0.2, 0.25) is 5.89 Å². The summed E-state index contributed by atoms with van der Waals surface area (Å²) >= 11 is 1.48. The molecule has 1 aliphatic rings. The van der Waals surface area contributed by atoms with Crippen LogP contribution >= 0.6 is 11.8 Å². The molecule has 1 atom stereocenters. The van der Waals surface area contributed by atoms with Crippen LogP contribution in [0.2, 0.25) is 0 Å². The van der Waals surface area contributed by atoms with Crippen LogP contribution in [-0.4, -0.2) is 34.3 Å². The zero-order valence-electron chi connectivity index (χ0n) is 18.7. The summed E-state index contributed by atoms with van der Waals surface area (Å²) in [5.74, 6) is 3.02. The van der Waals surface area contributed by atoms with Crippen molar-refractivity contribution >= 4 is 11.8 Å². The van der Waals surface area contributed by atoms with E-state index < -0.39 is 0 Å². The summed E-state index contributed by atoms with van der Waals surface area (Å²) in [7, 11) is 1.62. The molecule has 34 heavy (non-hydrogen) atoms. The molecule has 0 saturated heterocycles. The SMILES string of the molecule is C=CCc1ccc(O)c(-c2ccc3c(c2)C[C@@H](CSc2nnc(-c4cccc(OC)c4)o2)O3)c1. The largest absolute Gasteiger partial charge is 0.507 e. The van der Waals surface area contributed by atoms with Crippen molar-refractivity contribution in [2.24, 2.45) is 0 Å². The molecule has 7 heteroatoms.